The third-order valence-corrected chi connectivity index (χ3v) is 5.86. The van der Waals surface area contributed by atoms with Gasteiger partial charge in [-0.25, -0.2) is 0 Å². The summed E-state index contributed by atoms with van der Waals surface area (Å²) in [6, 6.07) is 0. The minimum absolute atomic E-state index is 0.739. The van der Waals surface area contributed by atoms with Crippen LogP contribution in [0, 0.1) is 0 Å². The molecular formula is C20H40N4O8. The quantitative estimate of drug-likeness (QED) is 0.155. The van der Waals surface area contributed by atoms with Gasteiger partial charge in [0.1, 0.15) is 11.1 Å². The highest BCUT2D eigenvalue weighted by Gasteiger charge is 2.46. The summed E-state index contributed by atoms with van der Waals surface area (Å²) >= 11 is 0. The Balaban J connectivity index is 5.75. The van der Waals surface area contributed by atoms with E-state index in [0.29, 0.717) is 0 Å². The Hall–Kier alpha value is -1.70. The molecule has 0 saturated heterocycles. The van der Waals surface area contributed by atoms with E-state index >= 15 is 0 Å². The van der Waals surface area contributed by atoms with Gasteiger partial charge in [0.25, 0.3) is 0 Å². The van der Waals surface area contributed by atoms with Gasteiger partial charge in [-0.05, 0) is 55.4 Å². The maximum atomic E-state index is 12.8. The van der Waals surface area contributed by atoms with E-state index in [-0.39, 0.29) is 0 Å². The van der Waals surface area contributed by atoms with Crippen LogP contribution in [0.1, 0.15) is 55.4 Å². The summed E-state index contributed by atoms with van der Waals surface area (Å²) in [7, 11) is 0. The van der Waals surface area contributed by atoms with Gasteiger partial charge in [-0.1, -0.05) is 0 Å². The number of hydrogen-bond acceptors (Lipinski definition) is 10. The molecule has 188 valence electrons. The number of amides is 2. The molecule has 12 nitrogen and oxygen atoms in total. The second kappa shape index (κ2) is 10.9. The molecule has 0 spiro atoms. The molecular weight excluding hydrogens is 424 g/mol. The highest BCUT2D eigenvalue weighted by molar-refractivity contribution is 5.87. The van der Waals surface area contributed by atoms with E-state index in [1.165, 1.54) is 55.4 Å². The standard InChI is InChI=1S/C20H40N4O8/c1-11(27)19(9-25,12(2)28)21-15(31)17(5,6)23-24-18(7,8)16(32)22-20(10-26,13(3)29)14(4)30/h11-14,25-30H,9-10H2,1-8H3,(H,21,31)(H,22,32). The molecule has 0 aliphatic heterocycles. The van der Waals surface area contributed by atoms with E-state index in [4.69, 9.17) is 0 Å². The van der Waals surface area contributed by atoms with Crippen LogP contribution in [0.15, 0.2) is 10.2 Å². The molecule has 0 rings (SSSR count). The lowest BCUT2D eigenvalue weighted by molar-refractivity contribution is -0.135. The van der Waals surface area contributed by atoms with Gasteiger partial charge < -0.3 is 41.3 Å². The number of aliphatic hydroxyl groups excluding tert-OH is 6. The van der Waals surface area contributed by atoms with E-state index < -0.39 is 71.6 Å². The number of rotatable bonds is 12. The predicted molar refractivity (Wildman–Crippen MR) is 116 cm³/mol. The number of azo groups is 1. The summed E-state index contributed by atoms with van der Waals surface area (Å²) in [6.45, 7) is 9.29. The Bertz CT molecular complexity index is 603. The number of nitrogens with one attached hydrogen (secondary N) is 2. The topological polar surface area (TPSA) is 204 Å². The van der Waals surface area contributed by atoms with Crippen LogP contribution < -0.4 is 10.6 Å². The van der Waals surface area contributed by atoms with Crippen molar-refractivity contribution >= 4 is 11.8 Å². The summed E-state index contributed by atoms with van der Waals surface area (Å²) in [5.41, 5.74) is -6.59. The first-order valence-electron chi connectivity index (χ1n) is 10.4. The molecule has 0 fully saturated rings. The van der Waals surface area contributed by atoms with Crippen LogP contribution in [0.4, 0.5) is 0 Å². The number of hydrogen-bond donors (Lipinski definition) is 8. The van der Waals surface area contributed by atoms with Crippen LogP contribution in [0.3, 0.4) is 0 Å². The molecule has 4 atom stereocenters. The second-order valence-corrected chi connectivity index (χ2v) is 9.33. The van der Waals surface area contributed by atoms with Crippen molar-refractivity contribution in [3.8, 4) is 0 Å². The largest absolute Gasteiger partial charge is 0.394 e. The second-order valence-electron chi connectivity index (χ2n) is 9.33. The van der Waals surface area contributed by atoms with Gasteiger partial charge in [-0.3, -0.25) is 9.59 Å². The maximum Gasteiger partial charge on any atom is 0.249 e. The highest BCUT2D eigenvalue weighted by atomic mass is 16.3. The number of nitrogens with zero attached hydrogens (tertiary/aromatic N) is 2. The Morgan fingerprint density at radius 1 is 0.656 bits per heavy atom. The number of carbonyl (C=O) groups excluding carboxylic acids is 2. The molecule has 2 amide bonds. The van der Waals surface area contributed by atoms with Crippen LogP contribution in [-0.4, -0.2) is 102 Å². The Labute approximate surface area is 188 Å². The van der Waals surface area contributed by atoms with E-state index in [2.05, 4.69) is 20.9 Å². The Morgan fingerprint density at radius 2 is 0.875 bits per heavy atom. The Morgan fingerprint density at radius 3 is 1.03 bits per heavy atom. The number of aliphatic hydroxyl groups is 6. The molecule has 0 aromatic carbocycles. The van der Waals surface area contributed by atoms with Crippen molar-refractivity contribution in [3.05, 3.63) is 0 Å². The molecule has 0 aliphatic carbocycles. The van der Waals surface area contributed by atoms with Gasteiger partial charge in [-0.2, -0.15) is 10.2 Å². The minimum Gasteiger partial charge on any atom is -0.394 e. The zero-order valence-electron chi connectivity index (χ0n) is 20.1. The van der Waals surface area contributed by atoms with Crippen molar-refractivity contribution in [2.75, 3.05) is 13.2 Å². The minimum atomic E-state index is -1.73. The van der Waals surface area contributed by atoms with Crippen LogP contribution >= 0.6 is 0 Å². The summed E-state index contributed by atoms with van der Waals surface area (Å²) in [4.78, 5) is 25.6. The highest BCUT2D eigenvalue weighted by Crippen LogP contribution is 2.23. The molecule has 0 aromatic rings. The van der Waals surface area contributed by atoms with Crippen molar-refractivity contribution in [2.45, 2.75) is 102 Å². The summed E-state index contributed by atoms with van der Waals surface area (Å²) in [5, 5.41) is 72.1. The predicted octanol–water partition coefficient (Wildman–Crippen LogP) is -1.79. The lowest BCUT2D eigenvalue weighted by atomic mass is 9.87. The zero-order valence-corrected chi connectivity index (χ0v) is 20.1. The fourth-order valence-corrected chi connectivity index (χ4v) is 2.79. The first-order valence-corrected chi connectivity index (χ1v) is 10.4. The van der Waals surface area contributed by atoms with Gasteiger partial charge in [0.15, 0.2) is 11.1 Å². The third kappa shape index (κ3) is 6.42. The normalized spacial score (nSPS) is 20.6. The SMILES string of the molecule is CC(O)C(CO)(NC(=O)C(C)(C)N=NC(C)(C)C(=O)NC(CO)(C(C)O)C(C)O)C(C)O. The molecule has 4 unspecified atom stereocenters. The van der Waals surface area contributed by atoms with Crippen molar-refractivity contribution in [2.24, 2.45) is 10.2 Å². The molecule has 12 heteroatoms. The molecule has 32 heavy (non-hydrogen) atoms. The van der Waals surface area contributed by atoms with E-state index in [1.807, 2.05) is 0 Å². The molecule has 0 saturated carbocycles. The monoisotopic (exact) mass is 464 g/mol. The average Bonchev–Trinajstić information content (AvgIpc) is 2.67. The zero-order chi connectivity index (χ0) is 25.7. The van der Waals surface area contributed by atoms with Crippen LogP contribution in [0.25, 0.3) is 0 Å². The van der Waals surface area contributed by atoms with Crippen LogP contribution in [0.2, 0.25) is 0 Å². The number of carbonyl (C=O) groups is 2. The average molecular weight is 465 g/mol. The lowest BCUT2D eigenvalue weighted by Crippen LogP contribution is -2.67. The smallest absolute Gasteiger partial charge is 0.249 e. The molecule has 0 aliphatic rings. The Kier molecular flexibility index (Phi) is 10.4. The van der Waals surface area contributed by atoms with E-state index in [0.717, 1.165) is 0 Å². The fourth-order valence-electron chi connectivity index (χ4n) is 2.79. The molecule has 0 radical (unpaired) electrons. The van der Waals surface area contributed by atoms with E-state index in [9.17, 15) is 40.2 Å². The molecule has 8 N–H and O–H groups in total. The van der Waals surface area contributed by atoms with Gasteiger partial charge >= 0.3 is 0 Å². The van der Waals surface area contributed by atoms with Gasteiger partial charge in [0.05, 0.1) is 37.6 Å². The van der Waals surface area contributed by atoms with Crippen LogP contribution in [0.5, 0.6) is 0 Å². The molecule has 0 heterocycles. The van der Waals surface area contributed by atoms with Crippen molar-refractivity contribution in [1.82, 2.24) is 10.6 Å². The maximum absolute atomic E-state index is 12.8. The van der Waals surface area contributed by atoms with E-state index in [1.54, 1.807) is 0 Å². The molecule has 0 aromatic heterocycles. The lowest BCUT2D eigenvalue weighted by Gasteiger charge is -2.40. The van der Waals surface area contributed by atoms with Gasteiger partial charge in [0, 0.05) is 0 Å². The fraction of sp³-hybridized carbons (Fsp3) is 0.900. The van der Waals surface area contributed by atoms with Crippen LogP contribution in [-0.2, 0) is 9.59 Å². The van der Waals surface area contributed by atoms with Crippen molar-refractivity contribution < 1.29 is 40.2 Å². The van der Waals surface area contributed by atoms with Crippen molar-refractivity contribution in [1.29, 1.82) is 0 Å². The molecule has 0 bridgehead atoms. The van der Waals surface area contributed by atoms with Crippen molar-refractivity contribution in [3.63, 3.8) is 0 Å². The van der Waals surface area contributed by atoms with Gasteiger partial charge in [0.2, 0.25) is 11.8 Å². The first-order chi connectivity index (χ1) is 14.4. The third-order valence-electron chi connectivity index (χ3n) is 5.86. The summed E-state index contributed by atoms with van der Waals surface area (Å²) in [6.07, 6.45) is -5.17. The first kappa shape index (κ1) is 30.3. The van der Waals surface area contributed by atoms with Gasteiger partial charge in [-0.15, -0.1) is 0 Å². The summed E-state index contributed by atoms with van der Waals surface area (Å²) < 4.78 is 0. The summed E-state index contributed by atoms with van der Waals surface area (Å²) in [5.74, 6) is -1.54.